The minimum Gasteiger partial charge on any atom is -0.479 e. The molecule has 0 saturated carbocycles. The van der Waals surface area contributed by atoms with Crippen LogP contribution in [0, 0.1) is 5.82 Å². The van der Waals surface area contributed by atoms with Crippen molar-refractivity contribution >= 4 is 27.8 Å². The van der Waals surface area contributed by atoms with E-state index in [9.17, 15) is 14.0 Å². The Balaban J connectivity index is 1.90. The molecular weight excluding hydrogens is 345 g/mol. The number of hydrogen-bond donors (Lipinski definition) is 1. The number of aryl methyl sites for hydroxylation is 1. The van der Waals surface area contributed by atoms with E-state index >= 15 is 0 Å². The zero-order valence-corrected chi connectivity index (χ0v) is 12.8. The van der Waals surface area contributed by atoms with E-state index in [1.807, 2.05) is 0 Å². The highest BCUT2D eigenvalue weighted by atomic mass is 79.9. The number of halogens is 2. The minimum atomic E-state index is -1.08. The van der Waals surface area contributed by atoms with E-state index in [0.717, 1.165) is 0 Å². The van der Waals surface area contributed by atoms with Crippen LogP contribution < -0.4 is 0 Å². The smallest absolute Gasteiger partial charge is 0.334 e. The van der Waals surface area contributed by atoms with Gasteiger partial charge in [-0.15, -0.1) is 0 Å². The summed E-state index contributed by atoms with van der Waals surface area (Å²) < 4.78 is 19.4. The molecule has 2 rings (SSSR count). The number of ether oxygens (including phenoxy) is 1. The SMILES string of the molecule is O=C(O)[C@@H]1CN(C(=O)CCc2ccc(Br)cc2F)CCO1. The quantitative estimate of drug-likeness (QED) is 0.890. The summed E-state index contributed by atoms with van der Waals surface area (Å²) in [5.74, 6) is -1.62. The van der Waals surface area contributed by atoms with Crippen molar-refractivity contribution in [1.82, 2.24) is 4.90 Å². The van der Waals surface area contributed by atoms with Gasteiger partial charge in [0.1, 0.15) is 5.82 Å². The molecule has 0 aromatic heterocycles. The predicted octanol–water partition coefficient (Wildman–Crippen LogP) is 1.83. The second kappa shape index (κ2) is 7.00. The molecule has 114 valence electrons. The molecule has 0 unspecified atom stereocenters. The maximum absolute atomic E-state index is 13.7. The van der Waals surface area contributed by atoms with E-state index < -0.39 is 12.1 Å². The highest BCUT2D eigenvalue weighted by molar-refractivity contribution is 9.10. The van der Waals surface area contributed by atoms with Gasteiger partial charge in [0.2, 0.25) is 5.91 Å². The zero-order valence-electron chi connectivity index (χ0n) is 11.2. The third-order valence-corrected chi connectivity index (χ3v) is 3.81. The number of carbonyl (C=O) groups is 2. The molecule has 1 aliphatic rings. The van der Waals surface area contributed by atoms with E-state index in [1.165, 1.54) is 11.0 Å². The Bertz CT molecular complexity index is 552. The summed E-state index contributed by atoms with van der Waals surface area (Å²) in [7, 11) is 0. The number of rotatable bonds is 4. The lowest BCUT2D eigenvalue weighted by Crippen LogP contribution is -2.48. The van der Waals surface area contributed by atoms with E-state index in [2.05, 4.69) is 15.9 Å². The standard InChI is InChI=1S/C14H15BrFNO4/c15-10-3-1-9(11(16)7-10)2-4-13(18)17-5-6-21-12(8-17)14(19)20/h1,3,7,12H,2,4-6,8H2,(H,19,20)/t12-/m0/s1. The second-order valence-electron chi connectivity index (χ2n) is 4.77. The molecule has 0 bridgehead atoms. The molecule has 1 aromatic carbocycles. The van der Waals surface area contributed by atoms with Gasteiger partial charge in [-0.2, -0.15) is 0 Å². The van der Waals surface area contributed by atoms with Crippen molar-refractivity contribution in [3.05, 3.63) is 34.1 Å². The lowest BCUT2D eigenvalue weighted by Gasteiger charge is -2.31. The van der Waals surface area contributed by atoms with Gasteiger partial charge >= 0.3 is 5.97 Å². The van der Waals surface area contributed by atoms with E-state index in [0.29, 0.717) is 16.6 Å². The van der Waals surface area contributed by atoms with Crippen LogP contribution in [-0.4, -0.2) is 47.7 Å². The number of amides is 1. The van der Waals surface area contributed by atoms with Crippen LogP contribution in [0.1, 0.15) is 12.0 Å². The number of hydrogen-bond acceptors (Lipinski definition) is 3. The second-order valence-corrected chi connectivity index (χ2v) is 5.69. The summed E-state index contributed by atoms with van der Waals surface area (Å²) in [4.78, 5) is 24.4. The third kappa shape index (κ3) is 4.25. The molecular formula is C14H15BrFNO4. The van der Waals surface area contributed by atoms with Gasteiger partial charge in [0.15, 0.2) is 6.10 Å². The first-order valence-corrected chi connectivity index (χ1v) is 7.33. The van der Waals surface area contributed by atoms with Crippen molar-refractivity contribution in [1.29, 1.82) is 0 Å². The van der Waals surface area contributed by atoms with Crippen LogP contribution in [0.25, 0.3) is 0 Å². The number of aliphatic carboxylic acids is 1. The van der Waals surface area contributed by atoms with Crippen LogP contribution in [0.2, 0.25) is 0 Å². The molecule has 1 saturated heterocycles. The summed E-state index contributed by atoms with van der Waals surface area (Å²) in [6.45, 7) is 0.609. The first-order valence-electron chi connectivity index (χ1n) is 6.53. The number of benzene rings is 1. The molecule has 0 radical (unpaired) electrons. The lowest BCUT2D eigenvalue weighted by atomic mass is 10.1. The predicted molar refractivity (Wildman–Crippen MR) is 76.4 cm³/mol. The molecule has 1 amide bonds. The largest absolute Gasteiger partial charge is 0.479 e. The van der Waals surface area contributed by atoms with Crippen LogP contribution in [-0.2, 0) is 20.7 Å². The van der Waals surface area contributed by atoms with Crippen molar-refractivity contribution in [2.45, 2.75) is 18.9 Å². The van der Waals surface area contributed by atoms with Crippen molar-refractivity contribution in [2.75, 3.05) is 19.7 Å². The van der Waals surface area contributed by atoms with Gasteiger partial charge in [0, 0.05) is 17.4 Å². The summed E-state index contributed by atoms with van der Waals surface area (Å²) in [6.07, 6.45) is -0.551. The first-order chi connectivity index (χ1) is 9.97. The van der Waals surface area contributed by atoms with Gasteiger partial charge in [0.25, 0.3) is 0 Å². The average molecular weight is 360 g/mol. The van der Waals surface area contributed by atoms with Gasteiger partial charge in [0.05, 0.1) is 13.2 Å². The number of carbonyl (C=O) groups excluding carboxylic acids is 1. The molecule has 1 aromatic rings. The van der Waals surface area contributed by atoms with Crippen molar-refractivity contribution in [3.63, 3.8) is 0 Å². The van der Waals surface area contributed by atoms with Crippen LogP contribution in [0.3, 0.4) is 0 Å². The van der Waals surface area contributed by atoms with E-state index in [1.54, 1.807) is 12.1 Å². The molecule has 1 N–H and O–H groups in total. The fraction of sp³-hybridized carbons (Fsp3) is 0.429. The van der Waals surface area contributed by atoms with Gasteiger partial charge < -0.3 is 14.7 Å². The monoisotopic (exact) mass is 359 g/mol. The number of nitrogens with zero attached hydrogens (tertiary/aromatic N) is 1. The number of carboxylic acid groups (broad SMARTS) is 1. The Morgan fingerprint density at radius 1 is 1.48 bits per heavy atom. The molecule has 1 heterocycles. The molecule has 7 heteroatoms. The Kier molecular flexibility index (Phi) is 5.30. The van der Waals surface area contributed by atoms with Crippen molar-refractivity contribution < 1.29 is 23.8 Å². The number of carboxylic acids is 1. The first kappa shape index (κ1) is 15.9. The Hall–Kier alpha value is -1.47. The highest BCUT2D eigenvalue weighted by Crippen LogP contribution is 2.17. The fourth-order valence-electron chi connectivity index (χ4n) is 2.15. The molecule has 5 nitrogen and oxygen atoms in total. The Labute approximate surface area is 129 Å². The summed E-state index contributed by atoms with van der Waals surface area (Å²) in [5, 5.41) is 8.89. The number of morpholine rings is 1. The summed E-state index contributed by atoms with van der Waals surface area (Å²) in [6, 6.07) is 4.71. The average Bonchev–Trinajstić information content (AvgIpc) is 2.46. The molecule has 1 atom stereocenters. The summed E-state index contributed by atoms with van der Waals surface area (Å²) >= 11 is 3.17. The van der Waals surface area contributed by atoms with Crippen LogP contribution in [0.15, 0.2) is 22.7 Å². The van der Waals surface area contributed by atoms with Crippen LogP contribution in [0.4, 0.5) is 4.39 Å². The molecule has 1 aliphatic heterocycles. The molecule has 21 heavy (non-hydrogen) atoms. The molecule has 0 spiro atoms. The topological polar surface area (TPSA) is 66.8 Å². The van der Waals surface area contributed by atoms with Gasteiger partial charge in [-0.25, -0.2) is 9.18 Å². The maximum atomic E-state index is 13.7. The Morgan fingerprint density at radius 3 is 2.90 bits per heavy atom. The van der Waals surface area contributed by atoms with Gasteiger partial charge in [-0.1, -0.05) is 22.0 Å². The zero-order chi connectivity index (χ0) is 15.4. The van der Waals surface area contributed by atoms with Crippen molar-refractivity contribution in [3.8, 4) is 0 Å². The van der Waals surface area contributed by atoms with Crippen LogP contribution >= 0.6 is 15.9 Å². The normalized spacial score (nSPS) is 18.6. The summed E-state index contributed by atoms with van der Waals surface area (Å²) in [5.41, 5.74) is 0.467. The minimum absolute atomic E-state index is 0.0387. The third-order valence-electron chi connectivity index (χ3n) is 3.32. The van der Waals surface area contributed by atoms with E-state index in [4.69, 9.17) is 9.84 Å². The van der Waals surface area contributed by atoms with Crippen molar-refractivity contribution in [2.24, 2.45) is 0 Å². The fourth-order valence-corrected chi connectivity index (χ4v) is 2.48. The maximum Gasteiger partial charge on any atom is 0.334 e. The molecule has 1 fully saturated rings. The molecule has 0 aliphatic carbocycles. The van der Waals surface area contributed by atoms with Crippen LogP contribution in [0.5, 0.6) is 0 Å². The van der Waals surface area contributed by atoms with E-state index in [-0.39, 0.29) is 37.7 Å². The Morgan fingerprint density at radius 2 is 2.24 bits per heavy atom. The van der Waals surface area contributed by atoms with Gasteiger partial charge in [-0.3, -0.25) is 4.79 Å². The lowest BCUT2D eigenvalue weighted by molar-refractivity contribution is -0.159. The highest BCUT2D eigenvalue weighted by Gasteiger charge is 2.28. The van der Waals surface area contributed by atoms with Gasteiger partial charge in [-0.05, 0) is 24.1 Å².